The zero-order valence-corrected chi connectivity index (χ0v) is 83.0. The van der Waals surface area contributed by atoms with Crippen LogP contribution in [0.3, 0.4) is 0 Å². The highest BCUT2D eigenvalue weighted by Gasteiger charge is 2.54. The van der Waals surface area contributed by atoms with Crippen LogP contribution in [0.5, 0.6) is 34.5 Å². The number of aromatic hydroxyl groups is 1. The van der Waals surface area contributed by atoms with Crippen LogP contribution in [0.15, 0.2) is 84.9 Å². The van der Waals surface area contributed by atoms with Crippen molar-refractivity contribution in [1.82, 2.24) is 0 Å². The van der Waals surface area contributed by atoms with E-state index in [9.17, 15) is 53.4 Å². The van der Waals surface area contributed by atoms with Gasteiger partial charge in [0.25, 0.3) is 6.47 Å². The van der Waals surface area contributed by atoms with Gasteiger partial charge in [-0.3, -0.25) is 43.2 Å². The van der Waals surface area contributed by atoms with Crippen molar-refractivity contribution in [3.63, 3.8) is 0 Å². The summed E-state index contributed by atoms with van der Waals surface area (Å²) in [4.78, 5) is 117. The average molecular weight is 1780 g/mol. The Balaban J connectivity index is 0.000000766. The Labute approximate surface area is 763 Å². The predicted octanol–water partition coefficient (Wildman–Crippen LogP) is 23.4. The highest BCUT2D eigenvalue weighted by Crippen LogP contribution is 2.51. The third-order valence-electron chi connectivity index (χ3n) is 22.3. The fourth-order valence-corrected chi connectivity index (χ4v) is 15.8. The lowest BCUT2D eigenvalue weighted by atomic mass is 9.60. The zero-order chi connectivity index (χ0) is 98.4. The molecule has 5 atom stereocenters. The lowest BCUT2D eigenvalue weighted by Gasteiger charge is -2.44. The lowest BCUT2D eigenvalue weighted by molar-refractivity contribution is -0.192. The maximum absolute atomic E-state index is 13.0. The molecular formula is C105H152O23. The molecule has 0 spiro atoms. The van der Waals surface area contributed by atoms with Crippen LogP contribution in [-0.4, -0.2) is 130 Å². The number of carboxylic acids is 1. The van der Waals surface area contributed by atoms with Crippen molar-refractivity contribution >= 4 is 60.5 Å². The summed E-state index contributed by atoms with van der Waals surface area (Å²) in [6.07, 6.45) is 2.15. The number of carboxylic acid groups (broad SMARTS) is 1. The van der Waals surface area contributed by atoms with Crippen molar-refractivity contribution in [2.24, 2.45) is 11.8 Å². The number of Topliss-reactive ketones (excluding diaryl/α,β-unsaturated/α-hetero) is 1. The molecule has 0 bridgehead atoms. The van der Waals surface area contributed by atoms with Gasteiger partial charge < -0.3 is 58.0 Å². The van der Waals surface area contributed by atoms with Gasteiger partial charge >= 0.3 is 42.0 Å². The van der Waals surface area contributed by atoms with E-state index in [0.29, 0.717) is 66.0 Å². The number of rotatable bonds is 29. The van der Waals surface area contributed by atoms with E-state index in [2.05, 4.69) is 218 Å². The van der Waals surface area contributed by atoms with Crippen LogP contribution in [0.1, 0.15) is 415 Å². The van der Waals surface area contributed by atoms with Crippen molar-refractivity contribution in [2.45, 2.75) is 327 Å². The molecule has 23 nitrogen and oxygen atoms in total. The van der Waals surface area contributed by atoms with E-state index in [4.69, 9.17) is 47.9 Å². The standard InChI is InChI=1S/C25H38O5.C18H26O5.C18H24O4.C14H20O2.C13H20O.C12H18O.C4H6O3.CO2/c1-9-17-20(26)13-25(7,28)22(24(27)30-10-2)21(17)16-11-18(14(3)4)23(29-8)19(12-16)15(5)6;1-11(2)15-6-13(7-16(12(3)4)18(15)22-5)14(8-17(20)21)9-23-10-19;1-10(2)14-6-12(7-15(11(3)4)18(14)21-5)13-8-16(19)22-17(20)9-13;1-9(2)12-6-11(8-15)7-13(10(3)4)14(12)16-5;1-9(2)11-7-6-8-12(10(3)4)13(11)14-5;1-8(2)10-6-5-7-11(9(3)4)12(10)13;1-3(5)7-4(2)6;2-1-3/h11-12,14-15,17,21-22,28H,9-10,13H2,1-8H3;6-7,10-12,14H,8-9H2,1-5H3,(H,20,21);6-7,10-11,13H,8-9H2,1-5H3;6-10H,1-5H3;6-10H,1-5H3;5-9,13H,1-4H3;1-2H3;. The van der Waals surface area contributed by atoms with Crippen LogP contribution in [-0.2, 0) is 66.9 Å². The number of aldehydes is 1. The molecule has 0 radical (unpaired) electrons. The van der Waals surface area contributed by atoms with E-state index in [0.717, 1.165) is 113 Å². The topological polar surface area (TPSA) is 332 Å². The number of carbonyl (C=O) groups excluding carboxylic acids is 10. The Morgan fingerprint density at radius 1 is 0.484 bits per heavy atom. The number of esters is 5. The first-order chi connectivity index (χ1) is 59.8. The summed E-state index contributed by atoms with van der Waals surface area (Å²) < 4.78 is 46.8. The van der Waals surface area contributed by atoms with Gasteiger partial charge in [0.2, 0.25) is 0 Å². The monoisotopic (exact) mass is 1780 g/mol. The van der Waals surface area contributed by atoms with Crippen molar-refractivity contribution in [2.75, 3.05) is 48.8 Å². The van der Waals surface area contributed by atoms with Crippen molar-refractivity contribution in [1.29, 1.82) is 0 Å². The molecule has 710 valence electrons. The number of benzene rings is 6. The summed E-state index contributed by atoms with van der Waals surface area (Å²) in [6.45, 7) is 59.1. The van der Waals surface area contributed by atoms with Gasteiger partial charge in [-0.1, -0.05) is 246 Å². The van der Waals surface area contributed by atoms with Gasteiger partial charge in [0.05, 0.1) is 79.5 Å². The van der Waals surface area contributed by atoms with Gasteiger partial charge in [-0.25, -0.2) is 0 Å². The van der Waals surface area contributed by atoms with Gasteiger partial charge in [0, 0.05) is 49.5 Å². The number of methoxy groups -OCH3 is 5. The van der Waals surface area contributed by atoms with Crippen LogP contribution < -0.4 is 23.7 Å². The van der Waals surface area contributed by atoms with Crippen molar-refractivity contribution in [3.8, 4) is 34.5 Å². The maximum atomic E-state index is 13.0. The number of aliphatic hydroxyl groups is 1. The van der Waals surface area contributed by atoms with Gasteiger partial charge in [-0.2, -0.15) is 9.59 Å². The first-order valence-electron chi connectivity index (χ1n) is 44.7. The lowest BCUT2D eigenvalue weighted by Crippen LogP contribution is -2.53. The van der Waals surface area contributed by atoms with Crippen LogP contribution in [0, 0.1) is 11.8 Å². The first-order valence-corrected chi connectivity index (χ1v) is 44.7. The van der Waals surface area contributed by atoms with Crippen molar-refractivity contribution in [3.05, 3.63) is 174 Å². The number of hydrogen-bond acceptors (Lipinski definition) is 22. The molecule has 5 unspecified atom stereocenters. The number of para-hydroxylation sites is 2. The number of cyclic esters (lactones) is 2. The maximum Gasteiger partial charge on any atom is 0.373 e. The molecule has 2 aliphatic rings. The Morgan fingerprint density at radius 2 is 0.789 bits per heavy atom. The van der Waals surface area contributed by atoms with E-state index >= 15 is 0 Å². The van der Waals surface area contributed by atoms with E-state index in [-0.39, 0.29) is 92.3 Å². The minimum Gasteiger partial charge on any atom is -0.507 e. The second-order valence-electron chi connectivity index (χ2n) is 36.3. The molecule has 1 heterocycles. The Hall–Kier alpha value is -10.5. The number of phenols is 1. The predicted molar refractivity (Wildman–Crippen MR) is 502 cm³/mol. The largest absolute Gasteiger partial charge is 0.507 e. The summed E-state index contributed by atoms with van der Waals surface area (Å²) >= 11 is 0. The zero-order valence-electron chi connectivity index (χ0n) is 83.0. The molecule has 2 fully saturated rings. The molecule has 8 rings (SSSR count). The van der Waals surface area contributed by atoms with E-state index < -0.39 is 53.3 Å². The Kier molecular flexibility index (Phi) is 50.6. The number of phenolic OH excluding ortho intramolecular Hbond substituents is 1. The first kappa shape index (κ1) is 115. The van der Waals surface area contributed by atoms with E-state index in [1.54, 1.807) is 49.4 Å². The van der Waals surface area contributed by atoms with Crippen LogP contribution >= 0.6 is 0 Å². The van der Waals surface area contributed by atoms with Gasteiger partial charge in [0.1, 0.15) is 46.6 Å². The molecule has 1 aliphatic carbocycles. The fourth-order valence-electron chi connectivity index (χ4n) is 15.8. The smallest absolute Gasteiger partial charge is 0.373 e. The van der Waals surface area contributed by atoms with Gasteiger partial charge in [-0.15, -0.1) is 0 Å². The third-order valence-corrected chi connectivity index (χ3v) is 22.3. The van der Waals surface area contributed by atoms with Crippen LogP contribution in [0.2, 0.25) is 0 Å². The summed E-state index contributed by atoms with van der Waals surface area (Å²) in [7, 11) is 8.46. The summed E-state index contributed by atoms with van der Waals surface area (Å²) in [5, 5.41) is 30.2. The summed E-state index contributed by atoms with van der Waals surface area (Å²) in [5.41, 5.74) is 15.4. The van der Waals surface area contributed by atoms with E-state index in [1.807, 2.05) is 49.4 Å². The minimum absolute atomic E-state index is 0.000982. The van der Waals surface area contributed by atoms with Gasteiger partial charge in [-0.05, 0) is 187 Å². The Morgan fingerprint density at radius 3 is 1.06 bits per heavy atom. The molecule has 1 aliphatic heterocycles. The molecule has 1 saturated carbocycles. The molecule has 0 aromatic heterocycles. The molecule has 1 saturated heterocycles. The normalized spacial score (nSPS) is 15.5. The number of carbonyl (C=O) groups is 9. The number of aliphatic carboxylic acids is 1. The number of ether oxygens (including phenoxy) is 9. The third kappa shape index (κ3) is 34.5. The quantitative estimate of drug-likeness (QED) is 0.0170. The second-order valence-corrected chi connectivity index (χ2v) is 36.3. The molecule has 128 heavy (non-hydrogen) atoms. The van der Waals surface area contributed by atoms with Crippen LogP contribution in [0.25, 0.3) is 0 Å². The molecule has 6 aromatic carbocycles. The van der Waals surface area contributed by atoms with Crippen molar-refractivity contribution < 1.29 is 111 Å². The minimum atomic E-state index is -1.45. The second kappa shape index (κ2) is 56.1. The van der Waals surface area contributed by atoms with Gasteiger partial charge in [0.15, 0.2) is 0 Å². The van der Waals surface area contributed by atoms with Crippen LogP contribution in [0.4, 0.5) is 0 Å². The summed E-state index contributed by atoms with van der Waals surface area (Å²) in [6, 6.07) is 28.5. The number of hydrogen-bond donors (Lipinski definition) is 3. The summed E-state index contributed by atoms with van der Waals surface area (Å²) in [5.74, 6) is 3.70. The highest BCUT2D eigenvalue weighted by atomic mass is 16.6. The highest BCUT2D eigenvalue weighted by molar-refractivity contribution is 5.90. The fraction of sp³-hybridized carbons (Fsp3) is 0.562. The average Bonchev–Trinajstić information content (AvgIpc) is 0.741. The Bertz CT molecular complexity index is 4400. The SMILES string of the molecule is CC(=O)OC(C)=O.CC(C)c1cccc(C(C)C)c1O.CCOC(=O)C1C(c2cc(C(C)C)c(OC)c(C(C)C)c2)C(CC)C(=O)CC1(C)O.COc1c(C(C)C)cc(C(COC=O)CC(=O)O)cc1C(C)C.COc1c(C(C)C)cc(C2CC(=O)OC(=O)C2)cc1C(C)C.COc1c(C(C)C)cc(C=O)cc1C(C)C.COc1c(C(C)C)cccc1C(C)C.O=C=O. The molecule has 3 N–H and O–H groups in total. The molecular weight excluding hydrogens is 1630 g/mol. The molecule has 0 amide bonds. The van der Waals surface area contributed by atoms with E-state index in [1.165, 1.54) is 25.0 Å². The molecule has 6 aromatic rings. The number of ketones is 1. The molecule has 23 heteroatoms.